The van der Waals surface area contributed by atoms with Gasteiger partial charge in [0.1, 0.15) is 0 Å². The molecule has 0 spiro atoms. The van der Waals surface area contributed by atoms with Crippen LogP contribution >= 0.6 is 11.8 Å². The number of aromatic nitrogens is 2. The summed E-state index contributed by atoms with van der Waals surface area (Å²) in [5.74, 6) is 0. The highest BCUT2D eigenvalue weighted by Crippen LogP contribution is 2.40. The van der Waals surface area contributed by atoms with Gasteiger partial charge in [0.15, 0.2) is 0 Å². The van der Waals surface area contributed by atoms with E-state index >= 15 is 0 Å². The van der Waals surface area contributed by atoms with Crippen molar-refractivity contribution in [3.8, 4) is 0 Å². The Balaban J connectivity index is 1.94. The molecular weight excluding hydrogens is 246 g/mol. The summed E-state index contributed by atoms with van der Waals surface area (Å²) >= 11 is 1.88. The Hall–Kier alpha value is -0.520. The molecule has 1 aromatic heterocycles. The monoisotopic (exact) mass is 269 g/mol. The van der Waals surface area contributed by atoms with E-state index in [0.717, 1.165) is 19.3 Å². The molecule has 2 atom stereocenters. The lowest BCUT2D eigenvalue weighted by atomic mass is 9.98. The standard InChI is InChI=1S/C13H23N3OS/c1-10(2)15-13(9-17)5-4-11(6-13)18-12-7-14-16(3)8-12/h7-8,10-11,15,17H,4-6,9H2,1-3H3. The maximum absolute atomic E-state index is 9.67. The predicted octanol–water partition coefficient (Wildman–Crippen LogP) is 1.79. The van der Waals surface area contributed by atoms with E-state index in [2.05, 4.69) is 30.5 Å². The van der Waals surface area contributed by atoms with Crippen molar-refractivity contribution in [1.29, 1.82) is 0 Å². The average Bonchev–Trinajstić information content (AvgIpc) is 2.87. The molecule has 1 saturated carbocycles. The summed E-state index contributed by atoms with van der Waals surface area (Å²) in [6, 6.07) is 0.416. The van der Waals surface area contributed by atoms with Crippen LogP contribution < -0.4 is 5.32 Å². The number of nitrogens with one attached hydrogen (secondary N) is 1. The van der Waals surface area contributed by atoms with Gasteiger partial charge in [-0.05, 0) is 19.3 Å². The first-order valence-electron chi connectivity index (χ1n) is 6.57. The van der Waals surface area contributed by atoms with Gasteiger partial charge in [0.2, 0.25) is 0 Å². The minimum atomic E-state index is -0.0754. The molecule has 1 heterocycles. The fourth-order valence-corrected chi connectivity index (χ4v) is 4.11. The summed E-state index contributed by atoms with van der Waals surface area (Å²) < 4.78 is 1.84. The number of hydrogen-bond donors (Lipinski definition) is 2. The Kier molecular flexibility index (Phi) is 4.35. The highest BCUT2D eigenvalue weighted by atomic mass is 32.2. The molecule has 4 nitrogen and oxygen atoms in total. The Labute approximate surface area is 113 Å². The molecule has 1 aliphatic carbocycles. The van der Waals surface area contributed by atoms with Crippen LogP contribution in [-0.4, -0.2) is 38.3 Å². The lowest BCUT2D eigenvalue weighted by molar-refractivity contribution is 0.156. The fourth-order valence-electron chi connectivity index (χ4n) is 2.76. The third-order valence-electron chi connectivity index (χ3n) is 3.44. The number of hydrogen-bond acceptors (Lipinski definition) is 4. The zero-order chi connectivity index (χ0) is 13.2. The van der Waals surface area contributed by atoms with Crippen LogP contribution in [0.4, 0.5) is 0 Å². The van der Waals surface area contributed by atoms with Crippen molar-refractivity contribution in [3.63, 3.8) is 0 Å². The first-order chi connectivity index (χ1) is 8.53. The van der Waals surface area contributed by atoms with Crippen LogP contribution in [0, 0.1) is 0 Å². The third-order valence-corrected chi connectivity index (χ3v) is 4.66. The van der Waals surface area contributed by atoms with Crippen LogP contribution in [0.5, 0.6) is 0 Å². The second-order valence-corrected chi connectivity index (χ2v) is 6.94. The van der Waals surface area contributed by atoms with Gasteiger partial charge in [-0.1, -0.05) is 13.8 Å². The van der Waals surface area contributed by atoms with Crippen LogP contribution in [0.1, 0.15) is 33.1 Å². The minimum Gasteiger partial charge on any atom is -0.394 e. The van der Waals surface area contributed by atoms with E-state index < -0.39 is 0 Å². The number of aliphatic hydroxyl groups is 1. The largest absolute Gasteiger partial charge is 0.394 e. The van der Waals surface area contributed by atoms with Gasteiger partial charge >= 0.3 is 0 Å². The maximum Gasteiger partial charge on any atom is 0.0625 e. The van der Waals surface area contributed by atoms with E-state index in [1.165, 1.54) is 4.90 Å². The molecule has 18 heavy (non-hydrogen) atoms. The first kappa shape index (κ1) is 13.9. The molecule has 2 N–H and O–H groups in total. The molecule has 0 aromatic carbocycles. The van der Waals surface area contributed by atoms with Gasteiger partial charge in [0, 0.05) is 35.0 Å². The molecule has 1 fully saturated rings. The van der Waals surface area contributed by atoms with Crippen LogP contribution in [0.3, 0.4) is 0 Å². The van der Waals surface area contributed by atoms with Crippen molar-refractivity contribution in [2.24, 2.45) is 7.05 Å². The highest BCUT2D eigenvalue weighted by Gasteiger charge is 2.39. The molecule has 0 amide bonds. The SMILES string of the molecule is CC(C)NC1(CO)CCC(Sc2cnn(C)c2)C1. The fraction of sp³-hybridized carbons (Fsp3) is 0.769. The van der Waals surface area contributed by atoms with Gasteiger partial charge < -0.3 is 10.4 Å². The summed E-state index contributed by atoms with van der Waals surface area (Å²) in [6.45, 7) is 4.51. The Bertz CT molecular complexity index is 393. The summed E-state index contributed by atoms with van der Waals surface area (Å²) in [4.78, 5) is 1.22. The van der Waals surface area contributed by atoms with Gasteiger partial charge in [-0.25, -0.2) is 0 Å². The van der Waals surface area contributed by atoms with Gasteiger partial charge in [0.05, 0.1) is 12.8 Å². The number of aryl methyl sites for hydroxylation is 1. The van der Waals surface area contributed by atoms with Crippen LogP contribution in [0.15, 0.2) is 17.3 Å². The molecule has 2 unspecified atom stereocenters. The van der Waals surface area contributed by atoms with Crippen LogP contribution in [0.2, 0.25) is 0 Å². The molecule has 1 aromatic rings. The van der Waals surface area contributed by atoms with E-state index in [4.69, 9.17) is 0 Å². The molecule has 102 valence electrons. The van der Waals surface area contributed by atoms with Gasteiger partial charge in [-0.3, -0.25) is 4.68 Å². The number of thioether (sulfide) groups is 1. The summed E-state index contributed by atoms with van der Waals surface area (Å²) in [7, 11) is 1.94. The van der Waals surface area contributed by atoms with Crippen molar-refractivity contribution in [2.45, 2.75) is 54.8 Å². The molecule has 0 bridgehead atoms. The quantitative estimate of drug-likeness (QED) is 0.856. The van der Waals surface area contributed by atoms with Gasteiger partial charge in [-0.2, -0.15) is 5.10 Å². The smallest absolute Gasteiger partial charge is 0.0625 e. The van der Waals surface area contributed by atoms with Crippen molar-refractivity contribution in [2.75, 3.05) is 6.61 Å². The molecule has 0 radical (unpaired) electrons. The molecule has 2 rings (SSSR count). The lowest BCUT2D eigenvalue weighted by Gasteiger charge is -2.31. The van der Waals surface area contributed by atoms with Crippen LogP contribution in [0.25, 0.3) is 0 Å². The topological polar surface area (TPSA) is 50.1 Å². The number of nitrogens with zero attached hydrogens (tertiary/aromatic N) is 2. The average molecular weight is 269 g/mol. The Morgan fingerprint density at radius 3 is 3.00 bits per heavy atom. The number of rotatable bonds is 5. The lowest BCUT2D eigenvalue weighted by Crippen LogP contribution is -2.49. The predicted molar refractivity (Wildman–Crippen MR) is 74.8 cm³/mol. The van der Waals surface area contributed by atoms with Gasteiger partial charge in [-0.15, -0.1) is 11.8 Å². The van der Waals surface area contributed by atoms with E-state index in [0.29, 0.717) is 11.3 Å². The third kappa shape index (κ3) is 3.28. The van der Waals surface area contributed by atoms with Crippen molar-refractivity contribution >= 4 is 11.8 Å². The Morgan fingerprint density at radius 1 is 1.67 bits per heavy atom. The van der Waals surface area contributed by atoms with E-state index in [-0.39, 0.29) is 12.1 Å². The van der Waals surface area contributed by atoms with E-state index in [1.807, 2.05) is 29.7 Å². The first-order valence-corrected chi connectivity index (χ1v) is 7.45. The van der Waals surface area contributed by atoms with Crippen molar-refractivity contribution in [1.82, 2.24) is 15.1 Å². The maximum atomic E-state index is 9.67. The second kappa shape index (κ2) is 5.63. The minimum absolute atomic E-state index is 0.0754. The Morgan fingerprint density at radius 2 is 2.44 bits per heavy atom. The number of aliphatic hydroxyl groups excluding tert-OH is 1. The van der Waals surface area contributed by atoms with Crippen molar-refractivity contribution in [3.05, 3.63) is 12.4 Å². The van der Waals surface area contributed by atoms with Gasteiger partial charge in [0.25, 0.3) is 0 Å². The summed E-state index contributed by atoms with van der Waals surface area (Å²) in [6.07, 6.45) is 7.21. The molecular formula is C13H23N3OS. The molecule has 0 saturated heterocycles. The highest BCUT2D eigenvalue weighted by molar-refractivity contribution is 8.00. The van der Waals surface area contributed by atoms with Crippen molar-refractivity contribution < 1.29 is 5.11 Å². The second-order valence-electron chi connectivity index (χ2n) is 5.57. The molecule has 1 aliphatic rings. The molecule has 5 heteroatoms. The normalized spacial score (nSPS) is 28.2. The van der Waals surface area contributed by atoms with E-state index in [9.17, 15) is 5.11 Å². The van der Waals surface area contributed by atoms with Crippen LogP contribution in [-0.2, 0) is 7.05 Å². The zero-order valence-electron chi connectivity index (χ0n) is 11.4. The molecule has 0 aliphatic heterocycles. The summed E-state index contributed by atoms with van der Waals surface area (Å²) in [5, 5.41) is 18.0. The van der Waals surface area contributed by atoms with E-state index in [1.54, 1.807) is 0 Å². The zero-order valence-corrected chi connectivity index (χ0v) is 12.2. The summed E-state index contributed by atoms with van der Waals surface area (Å²) in [5.41, 5.74) is -0.0754.